The van der Waals surface area contributed by atoms with Crippen molar-refractivity contribution < 1.29 is 57.8 Å². The fourth-order valence-electron chi connectivity index (χ4n) is 6.24. The Labute approximate surface area is 247 Å². The van der Waals surface area contributed by atoms with Gasteiger partial charge >= 0.3 is 5.97 Å². The number of pyridine rings is 1. The second-order valence-electron chi connectivity index (χ2n) is 11.3. The maximum atomic E-state index is 14.4. The summed E-state index contributed by atoms with van der Waals surface area (Å²) in [5.41, 5.74) is -2.29. The highest BCUT2D eigenvalue weighted by molar-refractivity contribution is 5.99. The molecule has 1 aromatic heterocycles. The first kappa shape index (κ1) is 30.1. The van der Waals surface area contributed by atoms with E-state index in [2.05, 4.69) is 5.32 Å². The molecular formula is C28H29F2N3O11. The number of rotatable bonds is 6. The summed E-state index contributed by atoms with van der Waals surface area (Å²) in [5, 5.41) is 42.5. The Morgan fingerprint density at radius 2 is 1.77 bits per heavy atom. The summed E-state index contributed by atoms with van der Waals surface area (Å²) in [7, 11) is 0. The van der Waals surface area contributed by atoms with Gasteiger partial charge < -0.3 is 49.4 Å². The number of hydrogen-bond donors (Lipinski definition) is 5. The summed E-state index contributed by atoms with van der Waals surface area (Å²) in [6.45, 7) is 0.809. The van der Waals surface area contributed by atoms with Gasteiger partial charge in [-0.2, -0.15) is 0 Å². The van der Waals surface area contributed by atoms with Gasteiger partial charge in [0.05, 0.1) is 12.6 Å². The second-order valence-corrected chi connectivity index (χ2v) is 11.3. The van der Waals surface area contributed by atoms with Crippen LogP contribution in [-0.4, -0.2) is 96.8 Å². The number of amides is 2. The number of nitrogens with zero attached hydrogens (tertiary/aromatic N) is 2. The molecule has 2 bridgehead atoms. The highest BCUT2D eigenvalue weighted by atomic mass is 19.1. The lowest BCUT2D eigenvalue weighted by Gasteiger charge is -2.45. The highest BCUT2D eigenvalue weighted by Crippen LogP contribution is 2.39. The van der Waals surface area contributed by atoms with E-state index in [9.17, 15) is 48.4 Å². The van der Waals surface area contributed by atoms with E-state index in [1.807, 2.05) is 0 Å². The fourth-order valence-corrected chi connectivity index (χ4v) is 6.24. The Balaban J connectivity index is 1.39. The van der Waals surface area contributed by atoms with Crippen molar-refractivity contribution >= 4 is 17.8 Å². The number of aryl methyl sites for hydroxylation is 1. The van der Waals surface area contributed by atoms with Gasteiger partial charge in [0.2, 0.25) is 11.7 Å². The smallest absolute Gasteiger partial charge is 0.335 e. The molecule has 1 aromatic carbocycles. The molecule has 2 saturated heterocycles. The van der Waals surface area contributed by atoms with Gasteiger partial charge in [-0.15, -0.1) is 0 Å². The van der Waals surface area contributed by atoms with Crippen LogP contribution < -0.4 is 15.5 Å². The number of fused-ring (bicyclic) bond motifs is 5. The first-order valence-corrected chi connectivity index (χ1v) is 13.9. The average Bonchev–Trinajstić information content (AvgIpc) is 3.33. The van der Waals surface area contributed by atoms with Crippen LogP contribution in [0.3, 0.4) is 0 Å². The summed E-state index contributed by atoms with van der Waals surface area (Å²) in [6.07, 6.45) is -8.18. The molecule has 0 radical (unpaired) electrons. The number of carboxylic acids is 1. The van der Waals surface area contributed by atoms with Gasteiger partial charge in [-0.1, -0.05) is 0 Å². The molecule has 2 aromatic rings. The van der Waals surface area contributed by atoms with Crippen molar-refractivity contribution in [3.8, 4) is 5.75 Å². The number of halogens is 2. The number of carbonyl (C=O) groups excluding carboxylic acids is 2. The number of hydrogen-bond acceptors (Lipinski definition) is 10. The summed E-state index contributed by atoms with van der Waals surface area (Å²) < 4.78 is 46.8. The van der Waals surface area contributed by atoms with E-state index in [0.717, 1.165) is 18.3 Å². The van der Waals surface area contributed by atoms with Crippen molar-refractivity contribution in [2.75, 3.05) is 0 Å². The maximum Gasteiger partial charge on any atom is 0.335 e. The number of aromatic nitrogens is 1. The van der Waals surface area contributed by atoms with Gasteiger partial charge in [0, 0.05) is 24.3 Å². The van der Waals surface area contributed by atoms with E-state index in [0.29, 0.717) is 24.8 Å². The molecule has 0 unspecified atom stereocenters. The molecule has 14 nitrogen and oxygen atoms in total. The lowest BCUT2D eigenvalue weighted by molar-refractivity contribution is -0.271. The molecule has 1 aliphatic carbocycles. The van der Waals surface area contributed by atoms with E-state index < -0.39 is 95.2 Å². The van der Waals surface area contributed by atoms with Crippen molar-refractivity contribution in [1.29, 1.82) is 0 Å². The van der Waals surface area contributed by atoms with Crippen molar-refractivity contribution in [3.05, 3.63) is 62.6 Å². The number of benzene rings is 1. The van der Waals surface area contributed by atoms with Crippen molar-refractivity contribution in [3.63, 3.8) is 0 Å². The van der Waals surface area contributed by atoms with Crippen molar-refractivity contribution in [2.24, 2.45) is 0 Å². The van der Waals surface area contributed by atoms with Crippen LogP contribution in [0.25, 0.3) is 0 Å². The molecule has 236 valence electrons. The molecule has 0 spiro atoms. The minimum atomic E-state index is -2.08. The monoisotopic (exact) mass is 621 g/mol. The molecule has 4 aliphatic rings. The minimum Gasteiger partial charge on any atom is -0.479 e. The van der Waals surface area contributed by atoms with E-state index >= 15 is 0 Å². The third kappa shape index (κ3) is 5.01. The zero-order valence-electron chi connectivity index (χ0n) is 23.2. The van der Waals surface area contributed by atoms with E-state index in [1.165, 1.54) is 16.4 Å². The minimum absolute atomic E-state index is 0.0423. The van der Waals surface area contributed by atoms with E-state index in [1.54, 1.807) is 0 Å². The predicted octanol–water partition coefficient (Wildman–Crippen LogP) is -0.631. The number of aliphatic hydroxyl groups is 3. The van der Waals surface area contributed by atoms with Crippen LogP contribution in [0.2, 0.25) is 0 Å². The molecule has 3 aliphatic heterocycles. The predicted molar refractivity (Wildman–Crippen MR) is 140 cm³/mol. The molecule has 4 heterocycles. The van der Waals surface area contributed by atoms with Gasteiger partial charge in [-0.3, -0.25) is 14.4 Å². The first-order chi connectivity index (χ1) is 20.8. The standard InChI is InChI=1S/C28H29F2N3O11/c1-10-4-15(29)13(16(30)5-10)7-31-25(38)14-8-32-9-17-33(11-2-3-12(6-11)42-17)26(39)18(32)23(19(14)34)43-28-22(37)20(35)21(36)24(44-28)27(40)41/h4-5,8,11-12,17,20-22,24,28,35-37H,2-3,6-7,9H2,1H3,(H,31,38)(H,40,41)/t11-,12+,17+,20-,21-,22+,24-,28+/m0/s1. The second kappa shape index (κ2) is 11.2. The van der Waals surface area contributed by atoms with Crippen LogP contribution >= 0.6 is 0 Å². The zero-order chi connectivity index (χ0) is 31.6. The van der Waals surface area contributed by atoms with Crippen molar-refractivity contribution in [2.45, 2.75) is 88.4 Å². The van der Waals surface area contributed by atoms with Crippen LogP contribution in [0.15, 0.2) is 23.1 Å². The van der Waals surface area contributed by atoms with Gasteiger partial charge in [-0.05, 0) is 43.9 Å². The van der Waals surface area contributed by atoms with Gasteiger partial charge in [0.1, 0.15) is 35.5 Å². The van der Waals surface area contributed by atoms with E-state index in [4.69, 9.17) is 14.2 Å². The summed E-state index contributed by atoms with van der Waals surface area (Å²) in [6, 6.07) is 1.95. The third-order valence-electron chi connectivity index (χ3n) is 8.44. The Bertz CT molecular complexity index is 1580. The summed E-state index contributed by atoms with van der Waals surface area (Å²) in [5.74, 6) is -6.12. The normalized spacial score (nSPS) is 30.9. The number of nitrogens with one attached hydrogen (secondary N) is 1. The first-order valence-electron chi connectivity index (χ1n) is 13.9. The maximum absolute atomic E-state index is 14.4. The molecular weight excluding hydrogens is 592 g/mol. The third-order valence-corrected chi connectivity index (χ3v) is 8.44. The molecule has 6 rings (SSSR count). The van der Waals surface area contributed by atoms with Crippen LogP contribution in [-0.2, 0) is 27.4 Å². The molecule has 5 N–H and O–H groups in total. The van der Waals surface area contributed by atoms with E-state index in [-0.39, 0.29) is 24.4 Å². The topological polar surface area (TPSA) is 197 Å². The number of aliphatic carboxylic acids is 1. The number of aliphatic hydroxyl groups excluding tert-OH is 3. The molecule has 1 saturated carbocycles. The van der Waals surface area contributed by atoms with Gasteiger partial charge in [0.25, 0.3) is 11.8 Å². The number of ether oxygens (including phenoxy) is 3. The zero-order valence-corrected chi connectivity index (χ0v) is 23.2. The lowest BCUT2D eigenvalue weighted by atomic mass is 9.99. The largest absolute Gasteiger partial charge is 0.479 e. The molecule has 3 fully saturated rings. The summed E-state index contributed by atoms with van der Waals surface area (Å²) in [4.78, 5) is 54.0. The highest BCUT2D eigenvalue weighted by Gasteiger charge is 2.51. The Kier molecular flexibility index (Phi) is 7.65. The quantitative estimate of drug-likeness (QED) is 0.275. The Morgan fingerprint density at radius 3 is 2.45 bits per heavy atom. The van der Waals surface area contributed by atoms with Crippen molar-refractivity contribution in [1.82, 2.24) is 14.8 Å². The van der Waals surface area contributed by atoms with Crippen LogP contribution in [0.4, 0.5) is 8.78 Å². The number of carbonyl (C=O) groups is 3. The average molecular weight is 622 g/mol. The Hall–Kier alpha value is -3.96. The fraction of sp³-hybridized carbons (Fsp3) is 0.500. The lowest BCUT2D eigenvalue weighted by Crippen LogP contribution is -2.61. The molecule has 8 atom stereocenters. The summed E-state index contributed by atoms with van der Waals surface area (Å²) >= 11 is 0. The van der Waals surface area contributed by atoms with Gasteiger partial charge in [0.15, 0.2) is 23.8 Å². The van der Waals surface area contributed by atoms with Crippen LogP contribution in [0.5, 0.6) is 5.75 Å². The van der Waals surface area contributed by atoms with Crippen LogP contribution in [0, 0.1) is 18.6 Å². The SMILES string of the molecule is Cc1cc(F)c(CNC(=O)c2cn3c(c(O[C@@H]4O[C@H](C(=O)O)[C@@H](O)[C@H](O)[C@H]4O)c2=O)C(=O)N2[C@H]4CC[C@H](C4)O[C@@H]2C3)c(F)c1. The Morgan fingerprint density at radius 1 is 1.07 bits per heavy atom. The molecule has 2 amide bonds. The molecule has 44 heavy (non-hydrogen) atoms. The van der Waals surface area contributed by atoms with Crippen LogP contribution in [0.1, 0.15) is 51.2 Å². The van der Waals surface area contributed by atoms with Gasteiger partial charge in [-0.25, -0.2) is 13.6 Å². The molecule has 16 heteroatoms. The number of carboxylic acid groups (broad SMARTS) is 1.